The van der Waals surface area contributed by atoms with Gasteiger partial charge in [-0.15, -0.1) is 0 Å². The van der Waals surface area contributed by atoms with Crippen molar-refractivity contribution < 1.29 is 16.8 Å². The lowest BCUT2D eigenvalue weighted by atomic mass is 9.97. The molecule has 0 aromatic heterocycles. The molecule has 0 radical (unpaired) electrons. The van der Waals surface area contributed by atoms with Crippen molar-refractivity contribution in [1.29, 1.82) is 0 Å². The minimum atomic E-state index is -3.70. The van der Waals surface area contributed by atoms with E-state index < -0.39 is 31.0 Å². The number of rotatable bonds is 7. The molecule has 1 aliphatic carbocycles. The van der Waals surface area contributed by atoms with Gasteiger partial charge in [-0.2, -0.15) is 0 Å². The van der Waals surface area contributed by atoms with Gasteiger partial charge >= 0.3 is 0 Å². The van der Waals surface area contributed by atoms with Crippen molar-refractivity contribution in [3.05, 3.63) is 41.5 Å². The normalized spacial score (nSPS) is 25.3. The van der Waals surface area contributed by atoms with Crippen LogP contribution in [0.4, 0.5) is 0 Å². The first-order valence-corrected chi connectivity index (χ1v) is 13.1. The summed E-state index contributed by atoms with van der Waals surface area (Å²) >= 11 is 0. The molecule has 0 unspecified atom stereocenters. The lowest BCUT2D eigenvalue weighted by Gasteiger charge is -2.21. The third kappa shape index (κ3) is 5.00. The van der Waals surface area contributed by atoms with E-state index in [1.165, 1.54) is 18.4 Å². The van der Waals surface area contributed by atoms with Crippen LogP contribution in [0.15, 0.2) is 40.8 Å². The Labute approximate surface area is 163 Å². The van der Waals surface area contributed by atoms with Gasteiger partial charge in [0.2, 0.25) is 0 Å². The average molecular weight is 412 g/mol. The molecule has 1 N–H and O–H groups in total. The summed E-state index contributed by atoms with van der Waals surface area (Å²) in [5, 5.41) is 2.31. The number of aryl methyl sites for hydroxylation is 1. The van der Waals surface area contributed by atoms with Crippen molar-refractivity contribution in [3.63, 3.8) is 0 Å². The van der Waals surface area contributed by atoms with E-state index in [0.29, 0.717) is 6.54 Å². The first-order valence-electron chi connectivity index (χ1n) is 9.76. The minimum Gasteiger partial charge on any atom is -0.311 e. The summed E-state index contributed by atoms with van der Waals surface area (Å²) in [7, 11) is -7.06. The van der Waals surface area contributed by atoms with Crippen LogP contribution in [0.3, 0.4) is 0 Å². The zero-order valence-electron chi connectivity index (χ0n) is 15.9. The molecular formula is C20H29NO4S2. The maximum atomic E-state index is 13.1. The van der Waals surface area contributed by atoms with Crippen molar-refractivity contribution in [1.82, 2.24) is 5.32 Å². The van der Waals surface area contributed by atoms with Crippen molar-refractivity contribution in [2.24, 2.45) is 0 Å². The van der Waals surface area contributed by atoms with Gasteiger partial charge in [0.25, 0.3) is 0 Å². The van der Waals surface area contributed by atoms with Gasteiger partial charge in [0.1, 0.15) is 0 Å². The van der Waals surface area contributed by atoms with Gasteiger partial charge in [0.05, 0.1) is 21.7 Å². The molecule has 1 aromatic carbocycles. The molecule has 0 amide bonds. The summed E-state index contributed by atoms with van der Waals surface area (Å²) in [6.45, 7) is 2.63. The average Bonchev–Trinajstić information content (AvgIpc) is 2.98. The fourth-order valence-corrected chi connectivity index (χ4v) is 8.67. The van der Waals surface area contributed by atoms with E-state index >= 15 is 0 Å². The molecular weight excluding hydrogens is 382 g/mol. The van der Waals surface area contributed by atoms with E-state index in [-0.39, 0.29) is 16.4 Å². The molecule has 27 heavy (non-hydrogen) atoms. The number of sulfone groups is 2. The fourth-order valence-electron chi connectivity index (χ4n) is 3.95. The third-order valence-electron chi connectivity index (χ3n) is 5.60. The Morgan fingerprint density at radius 3 is 2.48 bits per heavy atom. The number of allylic oxidation sites excluding steroid dienone is 1. The minimum absolute atomic E-state index is 0.108. The molecule has 1 fully saturated rings. The Hall–Kier alpha value is -1.18. The van der Waals surface area contributed by atoms with Gasteiger partial charge < -0.3 is 5.32 Å². The number of benzene rings is 1. The molecule has 0 bridgehead atoms. The molecule has 150 valence electrons. The lowest BCUT2D eigenvalue weighted by Crippen LogP contribution is -2.43. The predicted octanol–water partition coefficient (Wildman–Crippen LogP) is 2.67. The topological polar surface area (TPSA) is 80.3 Å². The highest BCUT2D eigenvalue weighted by atomic mass is 32.2. The summed E-state index contributed by atoms with van der Waals surface area (Å²) in [4.78, 5) is 0.212. The molecule has 2 atom stereocenters. The monoisotopic (exact) mass is 411 g/mol. The summed E-state index contributed by atoms with van der Waals surface area (Å²) < 4.78 is 50.5. The van der Waals surface area contributed by atoms with Crippen LogP contribution in [0.25, 0.3) is 0 Å². The van der Waals surface area contributed by atoms with Crippen LogP contribution < -0.4 is 5.32 Å². The molecule has 3 rings (SSSR count). The molecule has 0 saturated carbocycles. The molecule has 1 saturated heterocycles. The first kappa shape index (κ1) is 20.6. The van der Waals surface area contributed by atoms with E-state index in [9.17, 15) is 16.8 Å². The van der Waals surface area contributed by atoms with Gasteiger partial charge in [0, 0.05) is 6.04 Å². The maximum absolute atomic E-state index is 13.1. The zero-order valence-corrected chi connectivity index (χ0v) is 17.5. The zero-order chi connectivity index (χ0) is 19.5. The molecule has 1 aliphatic heterocycles. The second-order valence-electron chi connectivity index (χ2n) is 7.58. The summed E-state index contributed by atoms with van der Waals surface area (Å²) in [6, 6.07) is 6.25. The van der Waals surface area contributed by atoms with Gasteiger partial charge in [-0.3, -0.25) is 0 Å². The molecule has 1 heterocycles. The highest BCUT2D eigenvalue weighted by molar-refractivity contribution is 7.96. The SMILES string of the molecule is CCc1ccc(S(=O)(=O)[C@@H]2CS(=O)(=O)C[C@H]2NCCC2=CCCCC2)cc1. The van der Waals surface area contributed by atoms with Crippen LogP contribution in [0.1, 0.15) is 44.6 Å². The summed E-state index contributed by atoms with van der Waals surface area (Å²) in [6.07, 6.45) is 8.59. The van der Waals surface area contributed by atoms with Crippen molar-refractivity contribution >= 4 is 19.7 Å². The largest absolute Gasteiger partial charge is 0.311 e. The Morgan fingerprint density at radius 2 is 1.85 bits per heavy atom. The van der Waals surface area contributed by atoms with Crippen LogP contribution in [-0.2, 0) is 26.1 Å². The van der Waals surface area contributed by atoms with Crippen molar-refractivity contribution in [2.75, 3.05) is 18.1 Å². The van der Waals surface area contributed by atoms with Crippen LogP contribution in [0.2, 0.25) is 0 Å². The number of hydrogen-bond acceptors (Lipinski definition) is 5. The van der Waals surface area contributed by atoms with Crippen LogP contribution in [0.5, 0.6) is 0 Å². The van der Waals surface area contributed by atoms with E-state index in [4.69, 9.17) is 0 Å². The Kier molecular flexibility index (Phi) is 6.43. The van der Waals surface area contributed by atoms with E-state index in [0.717, 1.165) is 31.2 Å². The van der Waals surface area contributed by atoms with Crippen LogP contribution in [-0.4, -0.2) is 46.2 Å². The second kappa shape index (κ2) is 8.45. The number of nitrogens with one attached hydrogen (secondary N) is 1. The first-order chi connectivity index (χ1) is 12.8. The Morgan fingerprint density at radius 1 is 1.11 bits per heavy atom. The molecule has 1 aromatic rings. The standard InChI is InChI=1S/C20H29NO4S2/c1-2-16-8-10-18(11-9-16)27(24,25)20-15-26(22,23)14-19(20)21-13-12-17-6-4-3-5-7-17/h6,8-11,19-21H,2-5,7,12-15H2,1H3/t19-,20-/m1/s1. The highest BCUT2D eigenvalue weighted by Gasteiger charge is 2.45. The van der Waals surface area contributed by atoms with E-state index in [2.05, 4.69) is 11.4 Å². The molecule has 7 heteroatoms. The van der Waals surface area contributed by atoms with Crippen molar-refractivity contribution in [2.45, 2.75) is 61.6 Å². The van der Waals surface area contributed by atoms with E-state index in [1.807, 2.05) is 6.92 Å². The summed E-state index contributed by atoms with van der Waals surface area (Å²) in [5.41, 5.74) is 2.45. The quantitative estimate of drug-likeness (QED) is 0.698. The van der Waals surface area contributed by atoms with E-state index in [1.54, 1.807) is 24.3 Å². The molecule has 0 spiro atoms. The fraction of sp³-hybridized carbons (Fsp3) is 0.600. The number of hydrogen-bond donors (Lipinski definition) is 1. The van der Waals surface area contributed by atoms with Gasteiger partial charge in [-0.05, 0) is 62.8 Å². The Balaban J connectivity index is 1.73. The van der Waals surface area contributed by atoms with Gasteiger partial charge in [-0.1, -0.05) is 30.7 Å². The third-order valence-corrected chi connectivity index (χ3v) is 9.76. The maximum Gasteiger partial charge on any atom is 0.183 e. The lowest BCUT2D eigenvalue weighted by molar-refractivity contribution is 0.523. The van der Waals surface area contributed by atoms with Gasteiger partial charge in [-0.25, -0.2) is 16.8 Å². The molecule has 2 aliphatic rings. The smallest absolute Gasteiger partial charge is 0.183 e. The highest BCUT2D eigenvalue weighted by Crippen LogP contribution is 2.27. The Bertz CT molecular complexity index is 886. The predicted molar refractivity (Wildman–Crippen MR) is 108 cm³/mol. The van der Waals surface area contributed by atoms with Crippen LogP contribution in [0, 0.1) is 0 Å². The van der Waals surface area contributed by atoms with Crippen molar-refractivity contribution in [3.8, 4) is 0 Å². The summed E-state index contributed by atoms with van der Waals surface area (Å²) in [5.74, 6) is -0.409. The molecule has 5 nitrogen and oxygen atoms in total. The second-order valence-corrected chi connectivity index (χ2v) is 11.9. The van der Waals surface area contributed by atoms with Gasteiger partial charge in [0.15, 0.2) is 19.7 Å². The van der Waals surface area contributed by atoms with Crippen LogP contribution >= 0.6 is 0 Å².